The number of fused-ring (bicyclic) bond motifs is 1. The molecule has 0 aliphatic carbocycles. The minimum atomic E-state index is -3.91. The standard InChI is InChI=1S/C25H22N6O2S/c1-17(18-8-4-2-5-9-18)28-25-23-22(19-10-6-3-7-11-19)12-13-31(23)30-24(29-25)20-14-21(16-27-15-20)34(26,32)33/h2-17H,1H3,(H2,26,32,33)(H,28,29,30). The van der Waals surface area contributed by atoms with Crippen molar-refractivity contribution in [3.05, 3.63) is 97.0 Å². The van der Waals surface area contributed by atoms with Crippen LogP contribution < -0.4 is 10.5 Å². The molecule has 0 aliphatic rings. The molecule has 9 heteroatoms. The molecule has 0 radical (unpaired) electrons. The van der Waals surface area contributed by atoms with Crippen LogP contribution in [0.3, 0.4) is 0 Å². The number of pyridine rings is 1. The first kappa shape index (κ1) is 21.7. The van der Waals surface area contributed by atoms with Gasteiger partial charge in [-0.1, -0.05) is 60.7 Å². The van der Waals surface area contributed by atoms with Crippen molar-refractivity contribution < 1.29 is 8.42 Å². The molecule has 5 aromatic rings. The van der Waals surface area contributed by atoms with Crippen LogP contribution in [0.15, 0.2) is 96.3 Å². The number of hydrogen-bond donors (Lipinski definition) is 2. The second-order valence-corrected chi connectivity index (χ2v) is 9.47. The smallest absolute Gasteiger partial charge is 0.239 e. The Balaban J connectivity index is 1.68. The minimum Gasteiger partial charge on any atom is -0.362 e. The number of nitrogens with one attached hydrogen (secondary N) is 1. The van der Waals surface area contributed by atoms with Crippen LogP contribution in [0, 0.1) is 0 Å². The quantitative estimate of drug-likeness (QED) is 0.383. The largest absolute Gasteiger partial charge is 0.362 e. The van der Waals surface area contributed by atoms with Gasteiger partial charge in [0.2, 0.25) is 10.0 Å². The normalized spacial score (nSPS) is 12.5. The Bertz CT molecular complexity index is 1570. The highest BCUT2D eigenvalue weighted by atomic mass is 32.2. The van der Waals surface area contributed by atoms with Crippen molar-refractivity contribution >= 4 is 21.4 Å². The summed E-state index contributed by atoms with van der Waals surface area (Å²) in [5.74, 6) is 0.940. The molecule has 8 nitrogen and oxygen atoms in total. The molecule has 0 fully saturated rings. The molecule has 0 saturated carbocycles. The number of benzene rings is 2. The van der Waals surface area contributed by atoms with Crippen LogP contribution in [0.2, 0.25) is 0 Å². The molecule has 34 heavy (non-hydrogen) atoms. The van der Waals surface area contributed by atoms with E-state index >= 15 is 0 Å². The van der Waals surface area contributed by atoms with Crippen molar-refractivity contribution in [3.63, 3.8) is 0 Å². The van der Waals surface area contributed by atoms with E-state index in [-0.39, 0.29) is 10.9 Å². The zero-order valence-electron chi connectivity index (χ0n) is 18.3. The molecule has 170 valence electrons. The van der Waals surface area contributed by atoms with Crippen molar-refractivity contribution in [3.8, 4) is 22.5 Å². The lowest BCUT2D eigenvalue weighted by Crippen LogP contribution is -2.13. The van der Waals surface area contributed by atoms with E-state index in [2.05, 4.69) is 22.3 Å². The van der Waals surface area contributed by atoms with Gasteiger partial charge in [0.05, 0.1) is 6.04 Å². The number of nitrogens with two attached hydrogens (primary N) is 1. The molecule has 3 N–H and O–H groups in total. The summed E-state index contributed by atoms with van der Waals surface area (Å²) < 4.78 is 25.4. The third kappa shape index (κ3) is 4.26. The fourth-order valence-electron chi connectivity index (χ4n) is 3.83. The van der Waals surface area contributed by atoms with Crippen molar-refractivity contribution in [1.82, 2.24) is 19.6 Å². The summed E-state index contributed by atoms with van der Waals surface area (Å²) in [6, 6.07) is 23.4. The summed E-state index contributed by atoms with van der Waals surface area (Å²) >= 11 is 0. The first-order chi connectivity index (χ1) is 16.4. The molecule has 0 bridgehead atoms. The minimum absolute atomic E-state index is 0.0415. The molecule has 0 spiro atoms. The van der Waals surface area contributed by atoms with E-state index in [0.717, 1.165) is 22.2 Å². The van der Waals surface area contributed by atoms with Gasteiger partial charge >= 0.3 is 0 Å². The second kappa shape index (κ2) is 8.69. The fourth-order valence-corrected chi connectivity index (χ4v) is 4.32. The van der Waals surface area contributed by atoms with E-state index in [1.807, 2.05) is 72.9 Å². The predicted molar refractivity (Wildman–Crippen MR) is 132 cm³/mol. The lowest BCUT2D eigenvalue weighted by Gasteiger charge is -2.17. The van der Waals surface area contributed by atoms with Gasteiger partial charge in [-0.15, -0.1) is 5.10 Å². The number of sulfonamides is 1. The molecule has 3 heterocycles. The summed E-state index contributed by atoms with van der Waals surface area (Å²) in [6.45, 7) is 2.06. The molecule has 2 aromatic carbocycles. The van der Waals surface area contributed by atoms with Gasteiger partial charge < -0.3 is 5.32 Å². The number of aromatic nitrogens is 4. The van der Waals surface area contributed by atoms with E-state index in [4.69, 9.17) is 10.1 Å². The van der Waals surface area contributed by atoms with Crippen LogP contribution in [0.5, 0.6) is 0 Å². The first-order valence-corrected chi connectivity index (χ1v) is 12.2. The van der Waals surface area contributed by atoms with Crippen LogP contribution in [-0.4, -0.2) is 28.0 Å². The van der Waals surface area contributed by atoms with E-state index in [1.54, 1.807) is 4.52 Å². The Morgan fingerprint density at radius 3 is 2.35 bits per heavy atom. The van der Waals surface area contributed by atoms with Crippen molar-refractivity contribution in [2.24, 2.45) is 5.14 Å². The average Bonchev–Trinajstić information content (AvgIpc) is 3.29. The zero-order chi connectivity index (χ0) is 23.7. The highest BCUT2D eigenvalue weighted by molar-refractivity contribution is 7.89. The number of hydrogen-bond acceptors (Lipinski definition) is 6. The van der Waals surface area contributed by atoms with E-state index in [1.165, 1.54) is 18.5 Å². The topological polar surface area (TPSA) is 115 Å². The van der Waals surface area contributed by atoms with Gasteiger partial charge in [-0.25, -0.2) is 23.1 Å². The number of nitrogens with zero attached hydrogens (tertiary/aromatic N) is 4. The number of primary sulfonamides is 1. The Kier molecular flexibility index (Phi) is 5.56. The Morgan fingerprint density at radius 1 is 0.941 bits per heavy atom. The third-order valence-corrected chi connectivity index (χ3v) is 6.43. The molecule has 0 aliphatic heterocycles. The molecule has 3 aromatic heterocycles. The fraction of sp³-hybridized carbons (Fsp3) is 0.0800. The van der Waals surface area contributed by atoms with Crippen LogP contribution in [0.4, 0.5) is 5.82 Å². The van der Waals surface area contributed by atoms with E-state index < -0.39 is 10.0 Å². The highest BCUT2D eigenvalue weighted by Gasteiger charge is 2.18. The van der Waals surface area contributed by atoms with Gasteiger partial charge in [0, 0.05) is 29.7 Å². The maximum absolute atomic E-state index is 11.8. The third-order valence-electron chi connectivity index (χ3n) is 5.55. The Morgan fingerprint density at radius 2 is 1.65 bits per heavy atom. The Labute approximate surface area is 197 Å². The van der Waals surface area contributed by atoms with Gasteiger partial charge in [0.25, 0.3) is 0 Å². The summed E-state index contributed by atoms with van der Waals surface area (Å²) in [7, 11) is -3.91. The molecule has 5 rings (SSSR count). The average molecular weight is 471 g/mol. The van der Waals surface area contributed by atoms with Crippen molar-refractivity contribution in [2.45, 2.75) is 17.9 Å². The molecule has 0 amide bonds. The van der Waals surface area contributed by atoms with Crippen LogP contribution in [0.25, 0.3) is 28.0 Å². The molecule has 1 unspecified atom stereocenters. The van der Waals surface area contributed by atoms with Gasteiger partial charge in [0.1, 0.15) is 10.4 Å². The summed E-state index contributed by atoms with van der Waals surface area (Å²) in [6.07, 6.45) is 4.58. The summed E-state index contributed by atoms with van der Waals surface area (Å²) in [4.78, 5) is 8.73. The van der Waals surface area contributed by atoms with Crippen LogP contribution in [0.1, 0.15) is 18.5 Å². The summed E-state index contributed by atoms with van der Waals surface area (Å²) in [5.41, 5.74) is 4.37. The predicted octanol–water partition coefficient (Wildman–Crippen LogP) is 4.28. The van der Waals surface area contributed by atoms with Gasteiger partial charge in [-0.2, -0.15) is 0 Å². The zero-order valence-corrected chi connectivity index (χ0v) is 19.1. The molecule has 1 atom stereocenters. The monoisotopic (exact) mass is 470 g/mol. The highest BCUT2D eigenvalue weighted by Crippen LogP contribution is 2.32. The van der Waals surface area contributed by atoms with E-state index in [0.29, 0.717) is 17.2 Å². The van der Waals surface area contributed by atoms with Crippen LogP contribution >= 0.6 is 0 Å². The second-order valence-electron chi connectivity index (χ2n) is 7.90. The summed E-state index contributed by atoms with van der Waals surface area (Å²) in [5, 5.41) is 13.5. The Hall–Kier alpha value is -4.08. The lowest BCUT2D eigenvalue weighted by molar-refractivity contribution is 0.597. The van der Waals surface area contributed by atoms with Crippen molar-refractivity contribution in [2.75, 3.05) is 5.32 Å². The van der Waals surface area contributed by atoms with E-state index in [9.17, 15) is 8.42 Å². The SMILES string of the molecule is CC(Nc1nc(-c2cncc(S(N)(=O)=O)c2)nn2ccc(-c3ccccc3)c12)c1ccccc1. The maximum Gasteiger partial charge on any atom is 0.239 e. The molecular formula is C25H22N6O2S. The lowest BCUT2D eigenvalue weighted by atomic mass is 10.1. The number of rotatable bonds is 6. The van der Waals surface area contributed by atoms with Gasteiger partial charge in [-0.05, 0) is 30.2 Å². The van der Waals surface area contributed by atoms with Gasteiger partial charge in [0.15, 0.2) is 11.6 Å². The molecule has 0 saturated heterocycles. The van der Waals surface area contributed by atoms with Crippen LogP contribution in [-0.2, 0) is 10.0 Å². The first-order valence-electron chi connectivity index (χ1n) is 10.6. The maximum atomic E-state index is 11.8. The number of anilines is 1. The van der Waals surface area contributed by atoms with Gasteiger partial charge in [-0.3, -0.25) is 4.98 Å². The molecular weight excluding hydrogens is 448 g/mol. The van der Waals surface area contributed by atoms with Crippen molar-refractivity contribution in [1.29, 1.82) is 0 Å².